The number of nitrogens with one attached hydrogen (secondary N) is 1. The van der Waals surface area contributed by atoms with Crippen molar-refractivity contribution < 1.29 is 4.79 Å². The molecule has 0 saturated carbocycles. The van der Waals surface area contributed by atoms with Crippen molar-refractivity contribution in [3.63, 3.8) is 0 Å². The number of carbonyl (C=O) groups excluding carboxylic acids is 1. The number of anilines is 1. The molecule has 0 spiro atoms. The Labute approximate surface area is 125 Å². The number of nitrogens with zero attached hydrogens (tertiary/aromatic N) is 1. The quantitative estimate of drug-likeness (QED) is 0.891. The van der Waals surface area contributed by atoms with Gasteiger partial charge in [0, 0.05) is 30.9 Å². The van der Waals surface area contributed by atoms with Gasteiger partial charge in [-0.3, -0.25) is 4.79 Å². The molecule has 1 unspecified atom stereocenters. The van der Waals surface area contributed by atoms with Gasteiger partial charge in [-0.15, -0.1) is 12.4 Å². The van der Waals surface area contributed by atoms with E-state index in [1.165, 1.54) is 5.39 Å². The standard InChI is InChI=1S/C15H21N3O.ClH/c1-3-7-18-8-6-12-4-5-13(9-14(12)18)17-15(19)11(2)10-16;/h4-6,8-9,11H,3,7,10,16H2,1-2H3,(H,17,19);1H. The number of rotatable bonds is 5. The Balaban J connectivity index is 0.00000200. The van der Waals surface area contributed by atoms with E-state index in [4.69, 9.17) is 5.73 Å². The summed E-state index contributed by atoms with van der Waals surface area (Å²) in [7, 11) is 0. The van der Waals surface area contributed by atoms with Crippen molar-refractivity contribution >= 4 is 34.9 Å². The maximum Gasteiger partial charge on any atom is 0.228 e. The highest BCUT2D eigenvalue weighted by molar-refractivity contribution is 5.95. The largest absolute Gasteiger partial charge is 0.347 e. The molecule has 5 heteroatoms. The minimum absolute atomic E-state index is 0. The highest BCUT2D eigenvalue weighted by Gasteiger charge is 2.11. The molecule has 1 aromatic carbocycles. The van der Waals surface area contributed by atoms with Crippen molar-refractivity contribution in [2.24, 2.45) is 11.7 Å². The molecule has 0 bridgehead atoms. The van der Waals surface area contributed by atoms with Gasteiger partial charge < -0.3 is 15.6 Å². The topological polar surface area (TPSA) is 60.0 Å². The Morgan fingerprint density at radius 3 is 2.80 bits per heavy atom. The predicted molar refractivity (Wildman–Crippen MR) is 86.3 cm³/mol. The summed E-state index contributed by atoms with van der Waals surface area (Å²) in [6.45, 7) is 5.33. The summed E-state index contributed by atoms with van der Waals surface area (Å²) in [5.41, 5.74) is 7.48. The number of amides is 1. The number of hydrogen-bond acceptors (Lipinski definition) is 2. The van der Waals surface area contributed by atoms with Crippen LogP contribution < -0.4 is 11.1 Å². The Bertz CT molecular complexity index is 580. The van der Waals surface area contributed by atoms with Crippen LogP contribution in [0.1, 0.15) is 20.3 Å². The first-order valence-electron chi connectivity index (χ1n) is 6.75. The van der Waals surface area contributed by atoms with Gasteiger partial charge in [0.05, 0.1) is 5.52 Å². The molecule has 110 valence electrons. The SMILES string of the molecule is CCCn1ccc2ccc(NC(=O)C(C)CN)cc21.Cl. The van der Waals surface area contributed by atoms with Crippen LogP contribution in [0.15, 0.2) is 30.5 Å². The average molecular weight is 296 g/mol. The molecule has 1 aromatic heterocycles. The molecule has 3 N–H and O–H groups in total. The van der Waals surface area contributed by atoms with Gasteiger partial charge in [0.25, 0.3) is 0 Å². The molecule has 0 fully saturated rings. The lowest BCUT2D eigenvalue weighted by molar-refractivity contribution is -0.119. The Morgan fingerprint density at radius 2 is 2.15 bits per heavy atom. The lowest BCUT2D eigenvalue weighted by Gasteiger charge is -2.11. The molecular formula is C15H22ClN3O. The van der Waals surface area contributed by atoms with Crippen LogP contribution in [-0.2, 0) is 11.3 Å². The number of fused-ring (bicyclic) bond motifs is 1. The lowest BCUT2D eigenvalue weighted by atomic mass is 10.1. The van der Waals surface area contributed by atoms with Gasteiger partial charge in [-0.2, -0.15) is 0 Å². The molecular weight excluding hydrogens is 274 g/mol. The van der Waals surface area contributed by atoms with E-state index in [1.807, 2.05) is 25.1 Å². The van der Waals surface area contributed by atoms with E-state index in [1.54, 1.807) is 0 Å². The average Bonchev–Trinajstić information content (AvgIpc) is 2.81. The van der Waals surface area contributed by atoms with Gasteiger partial charge in [0.2, 0.25) is 5.91 Å². The molecule has 1 heterocycles. The lowest BCUT2D eigenvalue weighted by Crippen LogP contribution is -2.26. The molecule has 0 aliphatic carbocycles. The molecule has 2 rings (SSSR count). The van der Waals surface area contributed by atoms with Crippen LogP contribution in [0.25, 0.3) is 10.9 Å². The minimum Gasteiger partial charge on any atom is -0.347 e. The van der Waals surface area contributed by atoms with Crippen LogP contribution in [0.5, 0.6) is 0 Å². The minimum atomic E-state index is -0.168. The van der Waals surface area contributed by atoms with Crippen molar-refractivity contribution in [1.82, 2.24) is 4.57 Å². The molecule has 20 heavy (non-hydrogen) atoms. The maximum atomic E-state index is 11.8. The first kappa shape index (κ1) is 16.5. The smallest absolute Gasteiger partial charge is 0.228 e. The van der Waals surface area contributed by atoms with Crippen LogP contribution >= 0.6 is 12.4 Å². The zero-order valence-corrected chi connectivity index (χ0v) is 12.7. The number of hydrogen-bond donors (Lipinski definition) is 2. The van der Waals surface area contributed by atoms with Crippen molar-refractivity contribution in [2.45, 2.75) is 26.8 Å². The van der Waals surface area contributed by atoms with Gasteiger partial charge in [-0.05, 0) is 30.0 Å². The third-order valence-electron chi connectivity index (χ3n) is 3.31. The summed E-state index contributed by atoms with van der Waals surface area (Å²) < 4.78 is 2.21. The number of benzene rings is 1. The first-order chi connectivity index (χ1) is 9.15. The molecule has 4 nitrogen and oxygen atoms in total. The Kier molecular flexibility index (Phi) is 6.05. The summed E-state index contributed by atoms with van der Waals surface area (Å²) in [4.78, 5) is 11.8. The molecule has 2 aromatic rings. The number of halogens is 1. The number of carbonyl (C=O) groups is 1. The summed E-state index contributed by atoms with van der Waals surface area (Å²) in [6.07, 6.45) is 3.17. The number of aryl methyl sites for hydroxylation is 1. The van der Waals surface area contributed by atoms with E-state index in [0.717, 1.165) is 24.2 Å². The Hall–Kier alpha value is -1.52. The highest BCUT2D eigenvalue weighted by atomic mass is 35.5. The van der Waals surface area contributed by atoms with Crippen molar-refractivity contribution in [1.29, 1.82) is 0 Å². The van der Waals surface area contributed by atoms with Crippen molar-refractivity contribution in [3.05, 3.63) is 30.5 Å². The van der Waals surface area contributed by atoms with E-state index < -0.39 is 0 Å². The normalized spacial score (nSPS) is 11.9. The fourth-order valence-electron chi connectivity index (χ4n) is 2.07. The van der Waals surface area contributed by atoms with Crippen molar-refractivity contribution in [2.75, 3.05) is 11.9 Å². The summed E-state index contributed by atoms with van der Waals surface area (Å²) in [5.74, 6) is -0.200. The van der Waals surface area contributed by atoms with E-state index >= 15 is 0 Å². The second kappa shape index (κ2) is 7.31. The molecule has 0 radical (unpaired) electrons. The van der Waals surface area contributed by atoms with Crippen LogP contribution in [0.3, 0.4) is 0 Å². The van der Waals surface area contributed by atoms with Crippen LogP contribution in [0.2, 0.25) is 0 Å². The van der Waals surface area contributed by atoms with E-state index in [-0.39, 0.29) is 24.2 Å². The fraction of sp³-hybridized carbons (Fsp3) is 0.400. The van der Waals surface area contributed by atoms with Gasteiger partial charge >= 0.3 is 0 Å². The third-order valence-corrected chi connectivity index (χ3v) is 3.31. The summed E-state index contributed by atoms with van der Waals surface area (Å²) >= 11 is 0. The monoisotopic (exact) mass is 295 g/mol. The van der Waals surface area contributed by atoms with Crippen LogP contribution in [-0.4, -0.2) is 17.0 Å². The van der Waals surface area contributed by atoms with E-state index in [2.05, 4.69) is 29.1 Å². The zero-order valence-electron chi connectivity index (χ0n) is 11.9. The molecule has 1 amide bonds. The molecule has 1 atom stereocenters. The molecule has 0 aliphatic rings. The van der Waals surface area contributed by atoms with E-state index in [0.29, 0.717) is 6.54 Å². The first-order valence-corrected chi connectivity index (χ1v) is 6.75. The predicted octanol–water partition coefficient (Wildman–Crippen LogP) is 3.01. The van der Waals surface area contributed by atoms with Crippen LogP contribution in [0, 0.1) is 5.92 Å². The second-order valence-corrected chi connectivity index (χ2v) is 4.91. The zero-order chi connectivity index (χ0) is 13.8. The van der Waals surface area contributed by atoms with E-state index in [9.17, 15) is 4.79 Å². The van der Waals surface area contributed by atoms with Gasteiger partial charge in [0.1, 0.15) is 0 Å². The summed E-state index contributed by atoms with van der Waals surface area (Å²) in [6, 6.07) is 8.08. The number of aromatic nitrogens is 1. The van der Waals surface area contributed by atoms with Crippen LogP contribution in [0.4, 0.5) is 5.69 Å². The van der Waals surface area contributed by atoms with Crippen molar-refractivity contribution in [3.8, 4) is 0 Å². The molecule has 0 saturated heterocycles. The second-order valence-electron chi connectivity index (χ2n) is 4.91. The highest BCUT2D eigenvalue weighted by Crippen LogP contribution is 2.21. The molecule has 0 aliphatic heterocycles. The van der Waals surface area contributed by atoms with Gasteiger partial charge in [0.15, 0.2) is 0 Å². The Morgan fingerprint density at radius 1 is 1.40 bits per heavy atom. The van der Waals surface area contributed by atoms with Gasteiger partial charge in [-0.25, -0.2) is 0 Å². The third kappa shape index (κ3) is 3.52. The fourth-order valence-corrected chi connectivity index (χ4v) is 2.07. The summed E-state index contributed by atoms with van der Waals surface area (Å²) in [5, 5.41) is 4.10. The number of nitrogens with two attached hydrogens (primary N) is 1. The maximum absolute atomic E-state index is 11.8. The van der Waals surface area contributed by atoms with Gasteiger partial charge in [-0.1, -0.05) is 19.9 Å².